The average Bonchev–Trinajstić information content (AvgIpc) is 3.38. The Hall–Kier alpha value is -3.48. The molecule has 0 aliphatic carbocycles. The Morgan fingerprint density at radius 2 is 1.80 bits per heavy atom. The third kappa shape index (κ3) is 11.7. The van der Waals surface area contributed by atoms with Crippen LogP contribution in [0.3, 0.4) is 0 Å². The largest absolute Gasteiger partial charge is 0.464 e. The highest BCUT2D eigenvalue weighted by Crippen LogP contribution is 2.20. The van der Waals surface area contributed by atoms with Crippen LogP contribution < -0.4 is 16.5 Å². The molecule has 0 bridgehead atoms. The number of hydrogen-bond donors (Lipinski definition) is 3. The number of carbonyl (C=O) groups is 6. The van der Waals surface area contributed by atoms with E-state index in [9.17, 15) is 28.8 Å². The number of methoxy groups -OCH3 is 1. The second-order valence-electron chi connectivity index (χ2n) is 10.5. The summed E-state index contributed by atoms with van der Waals surface area (Å²) in [6.07, 6.45) is 3.77. The van der Waals surface area contributed by atoms with Crippen molar-refractivity contribution in [2.75, 3.05) is 26.8 Å². The number of hydrogen-bond acceptors (Lipinski definition) is 9. The zero-order valence-corrected chi connectivity index (χ0v) is 24.4. The van der Waals surface area contributed by atoms with Gasteiger partial charge in [-0.05, 0) is 43.6 Å². The van der Waals surface area contributed by atoms with Crippen LogP contribution in [0.5, 0.6) is 0 Å². The van der Waals surface area contributed by atoms with Crippen LogP contribution in [-0.2, 0) is 33.4 Å². The Bertz CT molecular complexity index is 936. The number of nitrogens with zero attached hydrogens (tertiary/aromatic N) is 2. The number of nitrogens with one attached hydrogen (secondary N) is 2. The molecule has 13 nitrogen and oxygen atoms in total. The quantitative estimate of drug-likeness (QED) is 0.157. The first-order chi connectivity index (χ1) is 18.8. The zero-order chi connectivity index (χ0) is 30.4. The van der Waals surface area contributed by atoms with Crippen LogP contribution in [0.4, 0.5) is 4.79 Å². The Morgan fingerprint density at radius 3 is 2.38 bits per heavy atom. The van der Waals surface area contributed by atoms with Gasteiger partial charge in [0, 0.05) is 26.4 Å². The monoisotopic (exact) mass is 567 g/mol. The van der Waals surface area contributed by atoms with Gasteiger partial charge < -0.3 is 25.4 Å². The van der Waals surface area contributed by atoms with Gasteiger partial charge in [-0.25, -0.2) is 14.6 Å². The first kappa shape index (κ1) is 34.5. The fourth-order valence-corrected chi connectivity index (χ4v) is 4.08. The molecule has 13 heteroatoms. The zero-order valence-electron chi connectivity index (χ0n) is 24.4. The summed E-state index contributed by atoms with van der Waals surface area (Å²) in [7, 11) is 1.18. The molecule has 1 heterocycles. The Balaban J connectivity index is 2.63. The van der Waals surface area contributed by atoms with Crippen molar-refractivity contribution in [2.24, 2.45) is 17.6 Å². The maximum absolute atomic E-state index is 13.1. The fourth-order valence-electron chi connectivity index (χ4n) is 4.08. The lowest BCUT2D eigenvalue weighted by atomic mass is 10.0. The summed E-state index contributed by atoms with van der Waals surface area (Å²) >= 11 is 0. The minimum atomic E-state index is -0.924. The molecule has 1 aliphatic heterocycles. The van der Waals surface area contributed by atoms with Crippen molar-refractivity contribution < 1.29 is 38.2 Å². The van der Waals surface area contributed by atoms with Crippen molar-refractivity contribution >= 4 is 35.6 Å². The Kier molecular flexibility index (Phi) is 14.9. The van der Waals surface area contributed by atoms with E-state index in [0.717, 1.165) is 5.01 Å². The molecule has 226 valence electrons. The maximum Gasteiger partial charge on any atom is 0.428 e. The summed E-state index contributed by atoms with van der Waals surface area (Å²) in [6.45, 7) is 9.09. The van der Waals surface area contributed by atoms with E-state index < -0.39 is 42.0 Å². The lowest BCUT2D eigenvalue weighted by Crippen LogP contribution is -2.55. The number of carbonyl (C=O) groups excluding carboxylic acids is 6. The van der Waals surface area contributed by atoms with E-state index >= 15 is 0 Å². The molecule has 1 saturated heterocycles. The predicted octanol–water partition coefficient (Wildman–Crippen LogP) is 1.06. The summed E-state index contributed by atoms with van der Waals surface area (Å²) in [4.78, 5) is 75.1. The van der Waals surface area contributed by atoms with Gasteiger partial charge in [-0.15, -0.1) is 0 Å². The van der Waals surface area contributed by atoms with Gasteiger partial charge in [0.2, 0.25) is 17.7 Å². The second kappa shape index (κ2) is 17.3. The highest BCUT2D eigenvalue weighted by Gasteiger charge is 2.38. The molecule has 4 N–H and O–H groups in total. The molecule has 0 aromatic rings. The molecular weight excluding hydrogens is 522 g/mol. The van der Waals surface area contributed by atoms with Crippen molar-refractivity contribution in [2.45, 2.75) is 84.8 Å². The number of likely N-dealkylation sites (tertiary alicyclic amines) is 1. The van der Waals surface area contributed by atoms with E-state index in [1.807, 2.05) is 27.7 Å². The van der Waals surface area contributed by atoms with E-state index in [2.05, 4.69) is 15.5 Å². The number of rotatable bonds is 14. The number of amides is 4. The molecular formula is C27H45N5O8. The predicted molar refractivity (Wildman–Crippen MR) is 146 cm³/mol. The van der Waals surface area contributed by atoms with Gasteiger partial charge in [0.1, 0.15) is 12.1 Å². The molecule has 1 rings (SSSR count). The lowest BCUT2D eigenvalue weighted by molar-refractivity contribution is -0.149. The molecule has 4 amide bonds. The Morgan fingerprint density at radius 1 is 1.12 bits per heavy atom. The average molecular weight is 568 g/mol. The van der Waals surface area contributed by atoms with Crippen molar-refractivity contribution in [1.82, 2.24) is 20.7 Å². The summed E-state index contributed by atoms with van der Waals surface area (Å²) in [5.74, 6) is -2.11. The van der Waals surface area contributed by atoms with E-state index in [4.69, 9.17) is 10.5 Å². The van der Waals surface area contributed by atoms with Crippen LogP contribution in [0, 0.1) is 11.8 Å². The molecule has 0 aromatic carbocycles. The molecule has 40 heavy (non-hydrogen) atoms. The number of hydrazine groups is 1. The van der Waals surface area contributed by atoms with E-state index in [-0.39, 0.29) is 49.5 Å². The van der Waals surface area contributed by atoms with Crippen LogP contribution in [0.15, 0.2) is 12.2 Å². The van der Waals surface area contributed by atoms with Gasteiger partial charge >= 0.3 is 12.1 Å². The standard InChI is InChI=1S/C27H45N5O8/c1-17(2)16-21(29-24(35)22-11-9-13-31(22)25(36)23(28)18(3)4)26(37)40-15-12-20(34)10-7-8-14-32(27(38)39-6)30-19(5)33/h7,10,17-18,21-23H,8-9,11-16,28H2,1-6H3,(H,29,35)(H,30,33)/b10-7+/t21-,22-,23-/m0/s1. The number of ether oxygens (including phenoxy) is 2. The van der Waals surface area contributed by atoms with Crippen LogP contribution in [0.2, 0.25) is 0 Å². The SMILES string of the molecule is COC(=O)N(CC/C=C/C(=O)CCOC(=O)[C@H](CC(C)C)NC(=O)[C@@H]1CCCN1C(=O)[C@@H](N)C(C)C)NC(C)=O. The van der Waals surface area contributed by atoms with Gasteiger partial charge in [-0.2, -0.15) is 0 Å². The molecule has 1 aliphatic rings. The topological polar surface area (TPSA) is 177 Å². The molecule has 0 unspecified atom stereocenters. The van der Waals surface area contributed by atoms with Crippen LogP contribution in [-0.4, -0.2) is 90.4 Å². The number of allylic oxidation sites excluding steroid dienone is 1. The fraction of sp³-hybridized carbons (Fsp3) is 0.704. The normalized spacial score (nSPS) is 16.5. The van der Waals surface area contributed by atoms with Gasteiger partial charge in [0.25, 0.3) is 0 Å². The maximum atomic E-state index is 13.1. The summed E-state index contributed by atoms with van der Waals surface area (Å²) in [5, 5.41) is 3.73. The summed E-state index contributed by atoms with van der Waals surface area (Å²) < 4.78 is 9.87. The molecule has 3 atom stereocenters. The first-order valence-corrected chi connectivity index (χ1v) is 13.6. The minimum absolute atomic E-state index is 0.0696. The molecule has 0 radical (unpaired) electrons. The summed E-state index contributed by atoms with van der Waals surface area (Å²) in [6, 6.07) is -2.33. The third-order valence-electron chi connectivity index (χ3n) is 6.25. The van der Waals surface area contributed by atoms with Gasteiger partial charge in [0.05, 0.1) is 19.8 Å². The first-order valence-electron chi connectivity index (χ1n) is 13.6. The van der Waals surface area contributed by atoms with Crippen molar-refractivity contribution in [3.05, 3.63) is 12.2 Å². The number of esters is 1. The highest BCUT2D eigenvalue weighted by molar-refractivity contribution is 5.93. The van der Waals surface area contributed by atoms with E-state index in [1.54, 1.807) is 0 Å². The smallest absolute Gasteiger partial charge is 0.428 e. The molecule has 0 spiro atoms. The van der Waals surface area contributed by atoms with Crippen LogP contribution in [0.1, 0.15) is 66.7 Å². The van der Waals surface area contributed by atoms with Crippen molar-refractivity contribution in [3.8, 4) is 0 Å². The number of ketones is 1. The second-order valence-corrected chi connectivity index (χ2v) is 10.5. The van der Waals surface area contributed by atoms with Gasteiger partial charge in [-0.1, -0.05) is 33.8 Å². The van der Waals surface area contributed by atoms with Crippen molar-refractivity contribution in [3.63, 3.8) is 0 Å². The molecule has 0 aromatic heterocycles. The third-order valence-corrected chi connectivity index (χ3v) is 6.25. The van der Waals surface area contributed by atoms with E-state index in [1.165, 1.54) is 31.1 Å². The molecule has 0 saturated carbocycles. The lowest BCUT2D eigenvalue weighted by Gasteiger charge is -2.29. The summed E-state index contributed by atoms with van der Waals surface area (Å²) in [5.41, 5.74) is 8.34. The van der Waals surface area contributed by atoms with Crippen LogP contribution in [0.25, 0.3) is 0 Å². The van der Waals surface area contributed by atoms with Crippen molar-refractivity contribution in [1.29, 1.82) is 0 Å². The number of nitrogens with two attached hydrogens (primary N) is 1. The molecule has 1 fully saturated rings. The highest BCUT2D eigenvalue weighted by atomic mass is 16.5. The minimum Gasteiger partial charge on any atom is -0.464 e. The van der Waals surface area contributed by atoms with Gasteiger partial charge in [-0.3, -0.25) is 24.6 Å². The van der Waals surface area contributed by atoms with Gasteiger partial charge in [0.15, 0.2) is 5.78 Å². The van der Waals surface area contributed by atoms with E-state index in [0.29, 0.717) is 25.8 Å². The van der Waals surface area contributed by atoms with Crippen LogP contribution >= 0.6 is 0 Å². The Labute approximate surface area is 236 Å².